The second-order valence-corrected chi connectivity index (χ2v) is 11.1. The summed E-state index contributed by atoms with van der Waals surface area (Å²) in [5.41, 5.74) is 6.54. The van der Waals surface area contributed by atoms with Gasteiger partial charge in [0.2, 0.25) is 11.9 Å². The van der Waals surface area contributed by atoms with Crippen molar-refractivity contribution in [3.8, 4) is 11.1 Å². The van der Waals surface area contributed by atoms with Crippen LogP contribution < -0.4 is 5.43 Å². The number of aromatic nitrogens is 3. The molecule has 1 amide bonds. The third kappa shape index (κ3) is 6.42. The van der Waals surface area contributed by atoms with Gasteiger partial charge < -0.3 is 19.5 Å². The van der Waals surface area contributed by atoms with Crippen molar-refractivity contribution in [3.63, 3.8) is 0 Å². The van der Waals surface area contributed by atoms with Crippen LogP contribution in [0, 0.1) is 6.92 Å². The van der Waals surface area contributed by atoms with E-state index in [1.165, 1.54) is 0 Å². The maximum Gasteiger partial charge on any atom is 0.250 e. The van der Waals surface area contributed by atoms with Crippen LogP contribution in [0.3, 0.4) is 0 Å². The number of aliphatic hydroxyl groups is 1. The number of hydrogen-bond donors (Lipinski definition) is 2. The predicted octanol–water partition coefficient (Wildman–Crippen LogP) is 2.91. The van der Waals surface area contributed by atoms with Gasteiger partial charge in [0.1, 0.15) is 5.54 Å². The van der Waals surface area contributed by atoms with Gasteiger partial charge in [-0.05, 0) is 66.2 Å². The van der Waals surface area contributed by atoms with Gasteiger partial charge in [-0.25, -0.2) is 9.98 Å². The second-order valence-electron chi connectivity index (χ2n) is 11.1. The van der Waals surface area contributed by atoms with Crippen LogP contribution in [-0.2, 0) is 19.8 Å². The van der Waals surface area contributed by atoms with Crippen molar-refractivity contribution in [2.75, 3.05) is 45.4 Å². The summed E-state index contributed by atoms with van der Waals surface area (Å²) in [5.74, 6) is 0.709. The van der Waals surface area contributed by atoms with Crippen molar-refractivity contribution in [2.24, 2.45) is 9.98 Å². The topological polar surface area (TPSA) is 118 Å². The number of carbonyl (C=O) groups is 1. The van der Waals surface area contributed by atoms with E-state index < -0.39 is 5.54 Å². The average Bonchev–Trinajstić information content (AvgIpc) is 3.55. The SMILES string of the molecule is C=NC(=N[C@@H](C)COC)Nn1c(C2CCC(O)CC2)cc(-c2cnn(C(C)(C)C(=O)N3CCOCC3)c2)c1C. The normalized spacial score (nSPS) is 21.6. The van der Waals surface area contributed by atoms with Crippen LogP contribution in [0.15, 0.2) is 28.4 Å². The number of ether oxygens (including phenoxy) is 2. The van der Waals surface area contributed by atoms with E-state index in [1.54, 1.807) is 11.8 Å². The lowest BCUT2D eigenvalue weighted by molar-refractivity contribution is -0.143. The molecule has 4 rings (SSSR count). The monoisotopic (exact) mass is 541 g/mol. The maximum absolute atomic E-state index is 13.3. The fraction of sp³-hybridized carbons (Fsp3) is 0.643. The molecule has 2 N–H and O–H groups in total. The Morgan fingerprint density at radius 3 is 2.64 bits per heavy atom. The first-order chi connectivity index (χ1) is 18.6. The van der Waals surface area contributed by atoms with E-state index in [1.807, 2.05) is 49.7 Å². The molecular formula is C28H43N7O4. The summed E-state index contributed by atoms with van der Waals surface area (Å²) in [6.07, 6.45) is 6.83. The Labute approximate surface area is 230 Å². The molecule has 0 bridgehead atoms. The summed E-state index contributed by atoms with van der Waals surface area (Å²) in [6.45, 7) is 14.3. The van der Waals surface area contributed by atoms with E-state index in [0.29, 0.717) is 38.9 Å². The van der Waals surface area contributed by atoms with Crippen LogP contribution in [0.1, 0.15) is 63.8 Å². The Morgan fingerprint density at radius 2 is 2.00 bits per heavy atom. The standard InChI is InChI=1S/C28H43N7O4/c1-19(18-38-6)31-27(29-5)32-35-20(2)24(15-25(35)21-7-9-23(36)10-8-21)22-16-30-34(17-22)28(3,4)26(37)33-11-13-39-14-12-33/h15-17,19,21,23,36H,5,7-14,18H2,1-4,6H3,(H,31,32)/t19-,21?,23?/m0/s1. The number of nitrogens with one attached hydrogen (secondary N) is 1. The third-order valence-corrected chi connectivity index (χ3v) is 7.79. The van der Waals surface area contributed by atoms with E-state index >= 15 is 0 Å². The van der Waals surface area contributed by atoms with Crippen molar-refractivity contribution in [1.82, 2.24) is 19.4 Å². The molecule has 1 saturated heterocycles. The Morgan fingerprint density at radius 1 is 1.31 bits per heavy atom. The number of hydrogen-bond acceptors (Lipinski definition) is 6. The molecule has 11 heteroatoms. The molecule has 2 fully saturated rings. The lowest BCUT2D eigenvalue weighted by Crippen LogP contribution is -2.51. The van der Waals surface area contributed by atoms with Crippen molar-refractivity contribution < 1.29 is 19.4 Å². The van der Waals surface area contributed by atoms with Crippen LogP contribution in [0.25, 0.3) is 11.1 Å². The summed E-state index contributed by atoms with van der Waals surface area (Å²) in [4.78, 5) is 24.0. The highest BCUT2D eigenvalue weighted by molar-refractivity contribution is 5.91. The van der Waals surface area contributed by atoms with Gasteiger partial charge in [-0.1, -0.05) is 0 Å². The minimum absolute atomic E-state index is 0.0287. The van der Waals surface area contributed by atoms with Crippen LogP contribution in [0.2, 0.25) is 0 Å². The van der Waals surface area contributed by atoms with Gasteiger partial charge in [0, 0.05) is 54.8 Å². The summed E-state index contributed by atoms with van der Waals surface area (Å²) in [6, 6.07) is 2.10. The Bertz CT molecular complexity index is 1170. The van der Waals surface area contributed by atoms with Gasteiger partial charge in [-0.15, -0.1) is 0 Å². The first kappa shape index (κ1) is 29.0. The largest absolute Gasteiger partial charge is 0.393 e. The van der Waals surface area contributed by atoms with Crippen LogP contribution in [-0.4, -0.2) is 95.2 Å². The summed E-state index contributed by atoms with van der Waals surface area (Å²) < 4.78 is 14.4. The van der Waals surface area contributed by atoms with Gasteiger partial charge in [0.15, 0.2) is 0 Å². The highest BCUT2D eigenvalue weighted by Crippen LogP contribution is 2.37. The molecule has 1 aliphatic heterocycles. The first-order valence-electron chi connectivity index (χ1n) is 13.8. The number of rotatable bonds is 8. The summed E-state index contributed by atoms with van der Waals surface area (Å²) in [5, 5.41) is 14.7. The van der Waals surface area contributed by atoms with Gasteiger partial charge >= 0.3 is 0 Å². The molecule has 0 unspecified atom stereocenters. The number of amides is 1. The molecule has 1 aliphatic carbocycles. The van der Waals surface area contributed by atoms with E-state index in [2.05, 4.69) is 33.3 Å². The number of morpholine rings is 1. The number of guanidine groups is 1. The number of aliphatic imine (C=N–C) groups is 2. The van der Waals surface area contributed by atoms with Crippen molar-refractivity contribution in [2.45, 2.75) is 77.0 Å². The quantitative estimate of drug-likeness (QED) is 0.392. The number of carbonyl (C=O) groups excluding carboxylic acids is 1. The maximum atomic E-state index is 13.3. The summed E-state index contributed by atoms with van der Waals surface area (Å²) in [7, 11) is 1.65. The zero-order valence-electron chi connectivity index (χ0n) is 23.9. The minimum atomic E-state index is -0.837. The lowest BCUT2D eigenvalue weighted by atomic mass is 9.85. The average molecular weight is 542 g/mol. The van der Waals surface area contributed by atoms with Crippen molar-refractivity contribution >= 4 is 18.6 Å². The molecular weight excluding hydrogens is 498 g/mol. The Balaban J connectivity index is 1.67. The molecule has 3 heterocycles. The minimum Gasteiger partial charge on any atom is -0.393 e. The summed E-state index contributed by atoms with van der Waals surface area (Å²) >= 11 is 0. The van der Waals surface area contributed by atoms with Crippen molar-refractivity contribution in [1.29, 1.82) is 0 Å². The molecule has 1 saturated carbocycles. The molecule has 214 valence electrons. The van der Waals surface area contributed by atoms with Gasteiger partial charge in [0.05, 0.1) is 38.2 Å². The van der Waals surface area contributed by atoms with Gasteiger partial charge in [-0.3, -0.25) is 19.6 Å². The van der Waals surface area contributed by atoms with Crippen LogP contribution in [0.4, 0.5) is 0 Å². The number of aliphatic hydroxyl groups excluding tert-OH is 1. The Hall–Kier alpha value is -3.02. The zero-order valence-corrected chi connectivity index (χ0v) is 23.9. The number of nitrogens with zero attached hydrogens (tertiary/aromatic N) is 6. The molecule has 2 aromatic heterocycles. The fourth-order valence-electron chi connectivity index (χ4n) is 5.45. The number of methoxy groups -OCH3 is 1. The zero-order chi connectivity index (χ0) is 28.2. The van der Waals surface area contributed by atoms with E-state index in [-0.39, 0.29) is 24.0 Å². The molecule has 0 spiro atoms. The van der Waals surface area contributed by atoms with E-state index in [9.17, 15) is 9.90 Å². The molecule has 2 aromatic rings. The molecule has 0 radical (unpaired) electrons. The first-order valence-corrected chi connectivity index (χ1v) is 13.8. The predicted molar refractivity (Wildman–Crippen MR) is 152 cm³/mol. The molecule has 0 aromatic carbocycles. The fourth-order valence-corrected chi connectivity index (χ4v) is 5.45. The smallest absolute Gasteiger partial charge is 0.250 e. The molecule has 11 nitrogen and oxygen atoms in total. The van der Waals surface area contributed by atoms with Crippen molar-refractivity contribution in [3.05, 3.63) is 29.8 Å². The second kappa shape index (κ2) is 12.4. The molecule has 2 aliphatic rings. The van der Waals surface area contributed by atoms with Gasteiger partial charge in [-0.2, -0.15) is 5.10 Å². The molecule has 1 atom stereocenters. The highest BCUT2D eigenvalue weighted by Gasteiger charge is 2.36. The van der Waals surface area contributed by atoms with E-state index in [4.69, 9.17) is 9.47 Å². The van der Waals surface area contributed by atoms with Gasteiger partial charge in [0.25, 0.3) is 0 Å². The third-order valence-electron chi connectivity index (χ3n) is 7.79. The lowest BCUT2D eigenvalue weighted by Gasteiger charge is -2.34. The van der Waals surface area contributed by atoms with E-state index in [0.717, 1.165) is 48.2 Å². The molecule has 39 heavy (non-hydrogen) atoms. The highest BCUT2D eigenvalue weighted by atomic mass is 16.5. The Kier molecular flexibility index (Phi) is 9.24. The van der Waals surface area contributed by atoms with Crippen LogP contribution >= 0.6 is 0 Å². The van der Waals surface area contributed by atoms with Crippen LogP contribution in [0.5, 0.6) is 0 Å².